The van der Waals surface area contributed by atoms with Crippen molar-refractivity contribution < 1.29 is 55.8 Å². The molecule has 5 heterocycles. The van der Waals surface area contributed by atoms with E-state index < -0.39 is 11.7 Å². The SMILES string of the molecule is CCN(CC)CCOc1cc(Cl)c(C)cc1C.Cc1cc(C(F)(F)F)ccc1OCCN1CCCC1.Cc1cc(C)c(N2CCOCC2)cc1Cl.Cc1cc(C)c(OCCN(C)C)cc1Cl.Cc1cc(C)c(OCCN)cc1Cl.Cc1cc(C)c(OCCN2CCCC2)cc1Cl.Cc1cc(C)c(OCCN2CCNCC2)cc1Cl.Cc1cc(C)c(OCCN2CCOCC2)cc1Cl. The van der Waals surface area contributed by atoms with E-state index in [1.54, 1.807) is 6.92 Å². The van der Waals surface area contributed by atoms with E-state index in [1.165, 1.54) is 56.1 Å². The Morgan fingerprint density at radius 3 is 0.932 bits per heavy atom. The summed E-state index contributed by atoms with van der Waals surface area (Å²) in [5.41, 5.74) is 22.3. The molecular formula is C104H149Cl7F3N9O9. The van der Waals surface area contributed by atoms with Crippen molar-refractivity contribution in [1.29, 1.82) is 0 Å². The lowest BCUT2D eigenvalue weighted by Gasteiger charge is -2.30. The summed E-state index contributed by atoms with van der Waals surface area (Å²) in [5, 5.41) is 8.79. The number of alkyl halides is 3. The van der Waals surface area contributed by atoms with Gasteiger partial charge in [-0.3, -0.25) is 19.6 Å². The number of nitrogens with zero attached hydrogens (tertiary/aromatic N) is 7. The average Bonchev–Trinajstić information content (AvgIpc) is 0.947. The van der Waals surface area contributed by atoms with Gasteiger partial charge in [-0.25, -0.2) is 0 Å². The van der Waals surface area contributed by atoms with E-state index in [0.29, 0.717) is 50.9 Å². The summed E-state index contributed by atoms with van der Waals surface area (Å²) >= 11 is 42.6. The molecule has 18 nitrogen and oxygen atoms in total. The molecule has 8 aromatic rings. The van der Waals surface area contributed by atoms with Gasteiger partial charge in [0, 0.05) is 139 Å². The van der Waals surface area contributed by atoms with Crippen molar-refractivity contribution in [1.82, 2.24) is 34.7 Å². The summed E-state index contributed by atoms with van der Waals surface area (Å²) in [6.07, 6.45) is 0.808. The van der Waals surface area contributed by atoms with Crippen LogP contribution in [0, 0.1) is 104 Å². The number of likely N-dealkylation sites (tertiary alicyclic amines) is 2. The number of hydrogen-bond acceptors (Lipinski definition) is 18. The second kappa shape index (κ2) is 61.0. The monoisotopic (exact) mass is 1970 g/mol. The highest BCUT2D eigenvalue weighted by Crippen LogP contribution is 2.36. The van der Waals surface area contributed by atoms with Gasteiger partial charge in [0.25, 0.3) is 0 Å². The number of morpholine rings is 2. The van der Waals surface area contributed by atoms with Gasteiger partial charge in [0.15, 0.2) is 0 Å². The molecule has 0 radical (unpaired) electrons. The number of likely N-dealkylation sites (N-methyl/N-ethyl adjacent to an activating group) is 2. The number of piperazine rings is 1. The number of anilines is 1. The van der Waals surface area contributed by atoms with Gasteiger partial charge in [-0.05, 0) is 327 Å². The van der Waals surface area contributed by atoms with Crippen LogP contribution in [0.3, 0.4) is 0 Å². The third kappa shape index (κ3) is 41.9. The van der Waals surface area contributed by atoms with Crippen molar-refractivity contribution in [3.8, 4) is 40.2 Å². The highest BCUT2D eigenvalue weighted by molar-refractivity contribution is 6.33. The molecule has 5 aliphatic heterocycles. The topological polar surface area (TPSA) is 144 Å². The first-order chi connectivity index (χ1) is 62.9. The summed E-state index contributed by atoms with van der Waals surface area (Å²) in [7, 11) is 4.05. The van der Waals surface area contributed by atoms with Crippen molar-refractivity contribution in [2.45, 2.75) is 150 Å². The molecule has 0 amide bonds. The lowest BCUT2D eigenvalue weighted by molar-refractivity contribution is -0.137. The Kier molecular flexibility index (Phi) is 52.8. The van der Waals surface area contributed by atoms with Crippen LogP contribution >= 0.6 is 81.2 Å². The van der Waals surface area contributed by atoms with E-state index in [0.717, 1.165) is 312 Å². The van der Waals surface area contributed by atoms with Gasteiger partial charge >= 0.3 is 6.18 Å². The van der Waals surface area contributed by atoms with Crippen LogP contribution in [0.25, 0.3) is 0 Å². The Morgan fingerprint density at radius 1 is 0.333 bits per heavy atom. The number of ether oxygens (including phenoxy) is 9. The summed E-state index contributed by atoms with van der Waals surface area (Å²) in [5.74, 6) is 5.84. The quantitative estimate of drug-likeness (QED) is 0.0440. The molecule has 0 aliphatic carbocycles. The van der Waals surface area contributed by atoms with E-state index in [1.807, 2.05) is 132 Å². The fourth-order valence-corrected chi connectivity index (χ4v) is 16.0. The maximum atomic E-state index is 12.5. The van der Waals surface area contributed by atoms with Gasteiger partial charge < -0.3 is 68.4 Å². The summed E-state index contributed by atoms with van der Waals surface area (Å²) < 4.78 is 88.0. The minimum Gasteiger partial charge on any atom is -0.492 e. The second-order valence-electron chi connectivity index (χ2n) is 34.4. The van der Waals surface area contributed by atoms with E-state index in [9.17, 15) is 13.2 Å². The van der Waals surface area contributed by atoms with E-state index in [2.05, 4.69) is 118 Å². The number of aryl methyl sites for hydroxylation is 15. The predicted octanol–water partition coefficient (Wildman–Crippen LogP) is 23.5. The zero-order valence-electron chi connectivity index (χ0n) is 81.9. The average molecular weight is 1970 g/mol. The Hall–Kier alpha value is -6.42. The van der Waals surface area contributed by atoms with Gasteiger partial charge in [0.05, 0.1) is 32.0 Å². The summed E-state index contributed by atoms with van der Waals surface area (Å²) in [6.45, 7) is 63.5. The van der Waals surface area contributed by atoms with Crippen molar-refractivity contribution in [3.63, 3.8) is 0 Å². The molecule has 0 atom stereocenters. The molecule has 28 heteroatoms. The molecule has 5 aliphatic rings. The Bertz CT molecular complexity index is 4590. The fourth-order valence-electron chi connectivity index (χ4n) is 15.0. The molecule has 13 rings (SSSR count). The summed E-state index contributed by atoms with van der Waals surface area (Å²) in [6, 6.07) is 31.5. The lowest BCUT2D eigenvalue weighted by Crippen LogP contribution is -2.44. The van der Waals surface area contributed by atoms with Crippen LogP contribution in [0.1, 0.15) is 129 Å². The van der Waals surface area contributed by atoms with Crippen LogP contribution in [0.15, 0.2) is 103 Å². The molecule has 5 fully saturated rings. The standard InChI is InChI=1S/C14H21ClN2O.C14H20ClNO2.C14H20ClNO.C14H22ClNO.C14H18F3NO.C12H16ClNO.C12H18ClNO.C10H14ClNO/c1-11-9-12(2)14(10-13(11)15)18-8-7-17-5-3-16-4-6-17;1-11-9-12(2)14(10-13(11)15)18-8-5-16-3-6-17-7-4-16;1-11-9-12(2)14(10-13(11)15)17-8-7-16-5-3-4-6-16;1-5-16(6-2)7-8-17-14-10-13(15)11(3)9-12(14)4;1-11-10-12(14(15,16)17)4-5-13(11)19-9-8-18-6-2-3-7-18;1-9-7-10(2)12(8-11(9)13)14-3-5-15-6-4-14;1-9-7-10(2)12(8-11(9)13)15-6-5-14(3)4;1-7-5-8(2)10(6-9(7)11)13-4-3-12/h9-10,16H,3-8H2,1-2H3;9-10H,3-8H2,1-2H3;9-10H,3-8H2,1-2H3;9-10H,5-8H2,1-4H3;4-5,10H,2-3,6-9H2,1H3;7-8H,3-6H2,1-2H3;7-8H,5-6H2,1-4H3;5-6H,3-4,12H2,1-2H3. The van der Waals surface area contributed by atoms with Crippen molar-refractivity contribution >= 4 is 86.9 Å². The van der Waals surface area contributed by atoms with E-state index in [4.69, 9.17) is 130 Å². The molecule has 132 heavy (non-hydrogen) atoms. The number of nitrogens with two attached hydrogens (primary N) is 1. The van der Waals surface area contributed by atoms with Gasteiger partial charge in [-0.15, -0.1) is 0 Å². The van der Waals surface area contributed by atoms with Crippen molar-refractivity contribution in [2.75, 3.05) is 229 Å². The van der Waals surface area contributed by atoms with Crippen LogP contribution in [0.4, 0.5) is 18.9 Å². The lowest BCUT2D eigenvalue weighted by atomic mass is 10.1. The van der Waals surface area contributed by atoms with Crippen LogP contribution in [-0.4, -0.2) is 254 Å². The van der Waals surface area contributed by atoms with Crippen LogP contribution < -0.4 is 49.1 Å². The van der Waals surface area contributed by atoms with E-state index in [-0.39, 0.29) is 0 Å². The van der Waals surface area contributed by atoms with Crippen LogP contribution in [0.5, 0.6) is 40.2 Å². The first-order valence-corrected chi connectivity index (χ1v) is 49.1. The molecule has 5 saturated heterocycles. The molecular weight excluding hydrogens is 1820 g/mol. The first kappa shape index (κ1) is 114. The Labute approximate surface area is 823 Å². The molecule has 0 saturated carbocycles. The Morgan fingerprint density at radius 2 is 0.614 bits per heavy atom. The highest BCUT2D eigenvalue weighted by Gasteiger charge is 2.31. The van der Waals surface area contributed by atoms with Gasteiger partial charge in [0.2, 0.25) is 0 Å². The van der Waals surface area contributed by atoms with Crippen molar-refractivity contribution in [3.05, 3.63) is 227 Å². The molecule has 8 aromatic carbocycles. The third-order valence-electron chi connectivity index (χ3n) is 23.2. The molecule has 0 spiro atoms. The number of halogens is 10. The maximum Gasteiger partial charge on any atom is 0.416 e. The normalized spacial score (nSPS) is 14.7. The van der Waals surface area contributed by atoms with Gasteiger partial charge in [-0.2, -0.15) is 13.2 Å². The summed E-state index contributed by atoms with van der Waals surface area (Å²) in [4.78, 5) is 16.3. The molecule has 0 bridgehead atoms. The number of benzene rings is 8. The van der Waals surface area contributed by atoms with Crippen molar-refractivity contribution in [2.24, 2.45) is 5.73 Å². The molecule has 0 unspecified atom stereocenters. The zero-order valence-corrected chi connectivity index (χ0v) is 87.2. The zero-order chi connectivity index (χ0) is 97.0. The highest BCUT2D eigenvalue weighted by atomic mass is 35.5. The first-order valence-electron chi connectivity index (χ1n) is 46.4. The second-order valence-corrected chi connectivity index (χ2v) is 37.2. The maximum absolute atomic E-state index is 12.5. The smallest absolute Gasteiger partial charge is 0.416 e. The minimum atomic E-state index is -4.29. The van der Waals surface area contributed by atoms with Gasteiger partial charge in [-0.1, -0.05) is 138 Å². The number of hydrogen-bond donors (Lipinski definition) is 2. The van der Waals surface area contributed by atoms with E-state index >= 15 is 0 Å². The Balaban J connectivity index is 0.000000233. The minimum absolute atomic E-state index is 0.519. The molecule has 0 aromatic heterocycles. The van der Waals surface area contributed by atoms with Gasteiger partial charge in [0.1, 0.15) is 86.5 Å². The third-order valence-corrected chi connectivity index (χ3v) is 26.0. The largest absolute Gasteiger partial charge is 0.492 e. The molecule has 734 valence electrons. The number of nitrogens with one attached hydrogen (secondary N) is 1. The predicted molar refractivity (Wildman–Crippen MR) is 547 cm³/mol. The number of rotatable bonds is 30. The fraction of sp³-hybridized carbons (Fsp3) is 0.538. The van der Waals surface area contributed by atoms with Crippen LogP contribution in [0.2, 0.25) is 35.2 Å². The van der Waals surface area contributed by atoms with Crippen LogP contribution in [-0.2, 0) is 15.7 Å². The molecule has 3 N–H and O–H groups in total.